The van der Waals surface area contributed by atoms with Crippen LogP contribution in [0.4, 0.5) is 0 Å². The van der Waals surface area contributed by atoms with Crippen LogP contribution in [-0.2, 0) is 15.6 Å². The van der Waals surface area contributed by atoms with Gasteiger partial charge in [0, 0.05) is 22.6 Å². The van der Waals surface area contributed by atoms with Gasteiger partial charge in [0.15, 0.2) is 5.78 Å². The fraction of sp³-hybridized carbons (Fsp3) is 0.619. The number of Topliss-reactive ketones (excluding diaryl/α,β-unsaturated/α-hetero) is 1. The van der Waals surface area contributed by atoms with E-state index in [1.54, 1.807) is 0 Å². The summed E-state index contributed by atoms with van der Waals surface area (Å²) in [5, 5.41) is 3.06. The van der Waals surface area contributed by atoms with E-state index in [-0.39, 0.29) is 40.9 Å². The molecule has 1 saturated heterocycles. The summed E-state index contributed by atoms with van der Waals surface area (Å²) >= 11 is 3.48. The van der Waals surface area contributed by atoms with Crippen LogP contribution in [0.3, 0.4) is 0 Å². The molecule has 0 bridgehead atoms. The second-order valence-corrected chi connectivity index (χ2v) is 12.1. The third kappa shape index (κ3) is 4.22. The van der Waals surface area contributed by atoms with Gasteiger partial charge in [-0.2, -0.15) is 0 Å². The number of hydrogen-bond acceptors (Lipinski definition) is 3. The van der Waals surface area contributed by atoms with Gasteiger partial charge in [-0.1, -0.05) is 42.8 Å². The van der Waals surface area contributed by atoms with E-state index in [0.717, 1.165) is 28.4 Å². The Kier molecular flexibility index (Phi) is 5.99. The van der Waals surface area contributed by atoms with Crippen molar-refractivity contribution >= 4 is 36.7 Å². The lowest BCUT2D eigenvalue weighted by atomic mass is 9.62. The number of rotatable bonds is 5. The van der Waals surface area contributed by atoms with Crippen molar-refractivity contribution in [3.8, 4) is 0 Å². The molecule has 1 heterocycles. The van der Waals surface area contributed by atoms with Crippen molar-refractivity contribution in [2.45, 2.75) is 52.7 Å². The zero-order valence-electron chi connectivity index (χ0n) is 16.8. The van der Waals surface area contributed by atoms with Gasteiger partial charge in [0.05, 0.1) is 12.0 Å². The summed E-state index contributed by atoms with van der Waals surface area (Å²) < 4.78 is 6.92. The third-order valence-corrected chi connectivity index (χ3v) is 7.17. The first kappa shape index (κ1) is 20.7. The lowest BCUT2D eigenvalue weighted by molar-refractivity contribution is -0.143. The van der Waals surface area contributed by atoms with Gasteiger partial charge in [0.25, 0.3) is 0 Å². The predicted molar refractivity (Wildman–Crippen MR) is 112 cm³/mol. The Bertz CT molecular complexity index is 743. The van der Waals surface area contributed by atoms with Crippen LogP contribution < -0.4 is 5.32 Å². The first-order valence-electron chi connectivity index (χ1n) is 9.65. The van der Waals surface area contributed by atoms with Gasteiger partial charge in [0.2, 0.25) is 14.9 Å². The average Bonchev–Trinajstić information content (AvgIpc) is 2.56. The molecule has 0 spiro atoms. The summed E-state index contributed by atoms with van der Waals surface area (Å²) in [6.07, 6.45) is 1.68. The second kappa shape index (κ2) is 7.80. The minimum atomic E-state index is -0.824. The molecule has 0 aromatic heterocycles. The average molecular weight is 451 g/mol. The van der Waals surface area contributed by atoms with Crippen LogP contribution in [0.25, 0.3) is 0 Å². The zero-order valence-corrected chi connectivity index (χ0v) is 19.4. The molecule has 3 rings (SSSR count). The lowest BCUT2D eigenvalue weighted by Crippen LogP contribution is -2.67. The van der Waals surface area contributed by atoms with E-state index in [0.29, 0.717) is 6.61 Å². The maximum absolute atomic E-state index is 13.2. The smallest absolute Gasteiger partial charge is 0.225 e. The van der Waals surface area contributed by atoms with E-state index in [1.807, 2.05) is 18.2 Å². The van der Waals surface area contributed by atoms with E-state index in [9.17, 15) is 9.59 Å². The highest BCUT2D eigenvalue weighted by atomic mass is 79.9. The molecule has 1 aliphatic carbocycles. The van der Waals surface area contributed by atoms with Crippen molar-refractivity contribution in [3.05, 3.63) is 33.8 Å². The lowest BCUT2D eigenvalue weighted by Gasteiger charge is -2.49. The summed E-state index contributed by atoms with van der Waals surface area (Å²) in [6.45, 7) is 11.3. The highest BCUT2D eigenvalue weighted by molar-refractivity contribution is 9.10. The number of nitrogens with one attached hydrogen (secondary N) is 1. The second-order valence-electron chi connectivity index (χ2n) is 9.06. The topological polar surface area (TPSA) is 55.4 Å². The SMILES string of the molecule is C[Si](C)OC[C@H]([C@@H]1C(=O)N[C@@H]1[C@@H]1CCc2ccc(Br)cc2C1=O)C(C)(C)C. The number of halogens is 1. The van der Waals surface area contributed by atoms with Crippen LogP contribution in [0.5, 0.6) is 0 Å². The van der Waals surface area contributed by atoms with Gasteiger partial charge in [0.1, 0.15) is 0 Å². The molecule has 1 fully saturated rings. The van der Waals surface area contributed by atoms with E-state index in [4.69, 9.17) is 4.43 Å². The van der Waals surface area contributed by atoms with E-state index < -0.39 is 9.04 Å². The molecule has 1 N–H and O–H groups in total. The number of amides is 1. The molecule has 0 unspecified atom stereocenters. The van der Waals surface area contributed by atoms with Crippen molar-refractivity contribution in [1.29, 1.82) is 0 Å². The van der Waals surface area contributed by atoms with E-state index >= 15 is 0 Å². The van der Waals surface area contributed by atoms with Gasteiger partial charge in [-0.3, -0.25) is 9.59 Å². The summed E-state index contributed by atoms with van der Waals surface area (Å²) in [4.78, 5) is 25.7. The largest absolute Gasteiger partial charge is 0.417 e. The molecule has 1 aromatic carbocycles. The first-order valence-corrected chi connectivity index (χ1v) is 12.9. The summed E-state index contributed by atoms with van der Waals surface area (Å²) in [5.74, 6) is 0.0310. The molecule has 1 aliphatic heterocycles. The molecule has 27 heavy (non-hydrogen) atoms. The highest BCUT2D eigenvalue weighted by Gasteiger charge is 2.53. The van der Waals surface area contributed by atoms with Crippen molar-refractivity contribution < 1.29 is 14.0 Å². The van der Waals surface area contributed by atoms with Crippen LogP contribution in [0.2, 0.25) is 13.1 Å². The number of fused-ring (bicyclic) bond motifs is 1. The van der Waals surface area contributed by atoms with Crippen molar-refractivity contribution in [1.82, 2.24) is 5.32 Å². The maximum Gasteiger partial charge on any atom is 0.225 e. The quantitative estimate of drug-likeness (QED) is 0.538. The van der Waals surface area contributed by atoms with Gasteiger partial charge in [-0.25, -0.2) is 0 Å². The number of β-lactam (4-membered cyclic amide) rings is 1. The van der Waals surface area contributed by atoms with Gasteiger partial charge < -0.3 is 9.74 Å². The fourth-order valence-electron chi connectivity index (χ4n) is 4.33. The Hall–Kier alpha value is -0.983. The molecule has 0 saturated carbocycles. The summed E-state index contributed by atoms with van der Waals surface area (Å²) in [6, 6.07) is 5.85. The molecule has 1 aromatic rings. The Morgan fingerprint density at radius 3 is 2.59 bits per heavy atom. The number of carbonyl (C=O) groups excluding carboxylic acids is 2. The molecule has 6 heteroatoms. The highest BCUT2D eigenvalue weighted by Crippen LogP contribution is 2.43. The summed E-state index contributed by atoms with van der Waals surface area (Å²) in [5.41, 5.74) is 1.86. The number of carbonyl (C=O) groups is 2. The minimum absolute atomic E-state index is 0.0589. The third-order valence-electron chi connectivity index (χ3n) is 5.93. The van der Waals surface area contributed by atoms with Gasteiger partial charge in [-0.15, -0.1) is 0 Å². The monoisotopic (exact) mass is 450 g/mol. The zero-order chi connectivity index (χ0) is 19.9. The first-order chi connectivity index (χ1) is 12.6. The molecular weight excluding hydrogens is 422 g/mol. The minimum Gasteiger partial charge on any atom is -0.417 e. The number of hydrogen-bond donors (Lipinski definition) is 1. The van der Waals surface area contributed by atoms with Gasteiger partial charge >= 0.3 is 0 Å². The Labute approximate surface area is 172 Å². The normalized spacial score (nSPS) is 26.4. The Balaban J connectivity index is 1.84. The Morgan fingerprint density at radius 1 is 1.30 bits per heavy atom. The molecule has 147 valence electrons. The molecule has 4 nitrogen and oxygen atoms in total. The van der Waals surface area contributed by atoms with Crippen molar-refractivity contribution in [2.75, 3.05) is 6.61 Å². The van der Waals surface area contributed by atoms with Crippen LogP contribution in [-0.4, -0.2) is 33.4 Å². The number of benzene rings is 1. The van der Waals surface area contributed by atoms with E-state index in [2.05, 4.69) is 55.1 Å². The van der Waals surface area contributed by atoms with E-state index in [1.165, 1.54) is 0 Å². The Morgan fingerprint density at radius 2 is 2.00 bits per heavy atom. The molecule has 4 atom stereocenters. The fourth-order valence-corrected chi connectivity index (χ4v) is 5.20. The van der Waals surface area contributed by atoms with Crippen molar-refractivity contribution in [3.63, 3.8) is 0 Å². The van der Waals surface area contributed by atoms with Crippen LogP contribution in [0.15, 0.2) is 22.7 Å². The van der Waals surface area contributed by atoms with Crippen molar-refractivity contribution in [2.24, 2.45) is 23.2 Å². The molecule has 1 amide bonds. The van der Waals surface area contributed by atoms with Crippen LogP contribution in [0, 0.1) is 23.2 Å². The predicted octanol–water partition coefficient (Wildman–Crippen LogP) is 4.24. The van der Waals surface area contributed by atoms with Gasteiger partial charge in [-0.05, 0) is 55.0 Å². The molecule has 2 aliphatic rings. The summed E-state index contributed by atoms with van der Waals surface area (Å²) in [7, 11) is -0.824. The molecular formula is C21H29BrNO3Si. The molecule has 1 radical (unpaired) electrons. The number of ketones is 1. The maximum atomic E-state index is 13.2. The van der Waals surface area contributed by atoms with Crippen LogP contribution in [0.1, 0.15) is 43.1 Å². The number of aryl methyl sites for hydroxylation is 1. The van der Waals surface area contributed by atoms with Crippen LogP contribution >= 0.6 is 15.9 Å². The standard InChI is InChI=1S/C21H29BrNO3Si/c1-21(2,3)16(11-26-27(4)5)17-18(23-20(17)25)14-9-7-12-6-8-13(22)10-15(12)19(14)24/h6,8,10,14,16-18H,7,9,11H2,1-5H3,(H,23,25)/t14-,16+,17-,18+/m0/s1.